The van der Waals surface area contributed by atoms with Crippen LogP contribution in [0.1, 0.15) is 10.6 Å². The van der Waals surface area contributed by atoms with Gasteiger partial charge in [0, 0.05) is 11.6 Å². The highest BCUT2D eigenvalue weighted by molar-refractivity contribution is 7.09. The summed E-state index contributed by atoms with van der Waals surface area (Å²) in [7, 11) is 0. The second-order valence-electron chi connectivity index (χ2n) is 3.94. The summed E-state index contributed by atoms with van der Waals surface area (Å²) in [6.07, 6.45) is 2.26. The Bertz CT molecular complexity index is 484. The highest BCUT2D eigenvalue weighted by atomic mass is 32.1. The molecule has 0 aliphatic heterocycles. The molecule has 94 valence electrons. The lowest BCUT2D eigenvalue weighted by Gasteiger charge is -2.11. The number of carbonyl (C=O) groups is 1. The van der Waals surface area contributed by atoms with Gasteiger partial charge in [-0.2, -0.15) is 0 Å². The number of nitrogens with one attached hydrogen (secondary N) is 1. The van der Waals surface area contributed by atoms with Crippen molar-refractivity contribution < 1.29 is 4.79 Å². The zero-order chi connectivity index (χ0) is 12.8. The maximum absolute atomic E-state index is 11.8. The number of aromatic nitrogens is 1. The number of hydrogen-bond donors (Lipinski definition) is 2. The molecule has 0 aliphatic rings. The van der Waals surface area contributed by atoms with Crippen molar-refractivity contribution in [1.29, 1.82) is 0 Å². The lowest BCUT2D eigenvalue weighted by Crippen LogP contribution is -2.41. The quantitative estimate of drug-likeness (QED) is 0.853. The molecule has 1 aromatic carbocycles. The molecule has 4 nitrogen and oxygen atoms in total. The molecule has 3 N–H and O–H groups in total. The molecule has 0 radical (unpaired) electrons. The molecule has 5 heteroatoms. The van der Waals surface area contributed by atoms with Gasteiger partial charge in [-0.3, -0.25) is 4.79 Å². The van der Waals surface area contributed by atoms with Crippen LogP contribution in [0.15, 0.2) is 41.9 Å². The Labute approximate surface area is 110 Å². The van der Waals surface area contributed by atoms with Crippen LogP contribution in [0, 0.1) is 0 Å². The fourth-order valence-electron chi connectivity index (χ4n) is 1.59. The maximum Gasteiger partial charge on any atom is 0.237 e. The van der Waals surface area contributed by atoms with E-state index in [1.807, 2.05) is 35.7 Å². The number of thiazole rings is 1. The third-order valence-corrected chi connectivity index (χ3v) is 3.31. The smallest absolute Gasteiger partial charge is 0.237 e. The first-order valence-electron chi connectivity index (χ1n) is 5.71. The van der Waals surface area contributed by atoms with E-state index in [4.69, 9.17) is 5.73 Å². The number of carbonyl (C=O) groups excluding carboxylic acids is 1. The molecule has 1 aromatic heterocycles. The molecule has 0 saturated carbocycles. The predicted molar refractivity (Wildman–Crippen MR) is 72.1 cm³/mol. The highest BCUT2D eigenvalue weighted by Gasteiger charge is 2.13. The molecule has 0 unspecified atom stereocenters. The van der Waals surface area contributed by atoms with E-state index in [0.717, 1.165) is 10.6 Å². The van der Waals surface area contributed by atoms with Crippen LogP contribution in [0.3, 0.4) is 0 Å². The van der Waals surface area contributed by atoms with Gasteiger partial charge in [-0.25, -0.2) is 4.98 Å². The third-order valence-electron chi connectivity index (χ3n) is 2.53. The molecule has 0 aliphatic carbocycles. The van der Waals surface area contributed by atoms with E-state index in [9.17, 15) is 4.79 Å². The van der Waals surface area contributed by atoms with Gasteiger partial charge in [-0.05, 0) is 12.0 Å². The van der Waals surface area contributed by atoms with Crippen molar-refractivity contribution in [2.45, 2.75) is 19.0 Å². The van der Waals surface area contributed by atoms with Gasteiger partial charge in [0.15, 0.2) is 0 Å². The van der Waals surface area contributed by atoms with E-state index < -0.39 is 6.04 Å². The van der Waals surface area contributed by atoms with Gasteiger partial charge in [0.2, 0.25) is 5.91 Å². The van der Waals surface area contributed by atoms with Gasteiger partial charge in [-0.1, -0.05) is 30.3 Å². The number of benzene rings is 1. The SMILES string of the molecule is N[C@@H](Cc1ccccc1)C(=O)NCc1nccs1. The fourth-order valence-corrected chi connectivity index (χ4v) is 2.15. The monoisotopic (exact) mass is 261 g/mol. The molecule has 1 heterocycles. The molecule has 1 amide bonds. The summed E-state index contributed by atoms with van der Waals surface area (Å²) in [6.45, 7) is 0.443. The Morgan fingerprint density at radius 2 is 2.17 bits per heavy atom. The van der Waals surface area contributed by atoms with E-state index in [1.54, 1.807) is 6.20 Å². The minimum absolute atomic E-state index is 0.144. The first-order valence-corrected chi connectivity index (χ1v) is 6.59. The lowest BCUT2D eigenvalue weighted by molar-refractivity contribution is -0.122. The van der Waals surface area contributed by atoms with E-state index >= 15 is 0 Å². The van der Waals surface area contributed by atoms with Crippen molar-refractivity contribution in [2.24, 2.45) is 5.73 Å². The minimum Gasteiger partial charge on any atom is -0.348 e. The summed E-state index contributed by atoms with van der Waals surface area (Å²) < 4.78 is 0. The Hall–Kier alpha value is -1.72. The normalized spacial score (nSPS) is 12.1. The van der Waals surface area contributed by atoms with Gasteiger partial charge >= 0.3 is 0 Å². The topological polar surface area (TPSA) is 68.0 Å². The number of nitrogens with zero attached hydrogens (tertiary/aromatic N) is 1. The van der Waals surface area contributed by atoms with Crippen LogP contribution in [0.4, 0.5) is 0 Å². The zero-order valence-electron chi connectivity index (χ0n) is 9.87. The maximum atomic E-state index is 11.8. The number of rotatable bonds is 5. The van der Waals surface area contributed by atoms with Crippen molar-refractivity contribution in [3.05, 3.63) is 52.5 Å². The number of nitrogens with two attached hydrogens (primary N) is 1. The fraction of sp³-hybridized carbons (Fsp3) is 0.231. The zero-order valence-corrected chi connectivity index (χ0v) is 10.7. The van der Waals surface area contributed by atoms with Gasteiger partial charge in [0.1, 0.15) is 5.01 Å². The number of hydrogen-bond acceptors (Lipinski definition) is 4. The van der Waals surface area contributed by atoms with Crippen molar-refractivity contribution in [1.82, 2.24) is 10.3 Å². The van der Waals surface area contributed by atoms with Crippen LogP contribution >= 0.6 is 11.3 Å². The summed E-state index contributed by atoms with van der Waals surface area (Å²) in [4.78, 5) is 15.9. The second-order valence-corrected chi connectivity index (χ2v) is 4.92. The lowest BCUT2D eigenvalue weighted by atomic mass is 10.1. The third kappa shape index (κ3) is 3.65. The summed E-state index contributed by atoms with van der Waals surface area (Å²) in [5.41, 5.74) is 6.92. The largest absolute Gasteiger partial charge is 0.348 e. The molecular formula is C13H15N3OS. The van der Waals surface area contributed by atoms with E-state index in [-0.39, 0.29) is 5.91 Å². The molecule has 1 atom stereocenters. The standard InChI is InChI=1S/C13H15N3OS/c14-11(8-10-4-2-1-3-5-10)13(17)16-9-12-15-6-7-18-12/h1-7,11H,8-9,14H2,(H,16,17)/t11-/m0/s1. The van der Waals surface area contributed by atoms with Crippen LogP contribution in [0.5, 0.6) is 0 Å². The first kappa shape index (κ1) is 12.7. The average Bonchev–Trinajstić information content (AvgIpc) is 2.90. The van der Waals surface area contributed by atoms with Crippen molar-refractivity contribution in [2.75, 3.05) is 0 Å². The highest BCUT2D eigenvalue weighted by Crippen LogP contribution is 2.04. The molecule has 2 rings (SSSR count). The molecule has 0 fully saturated rings. The molecule has 2 aromatic rings. The molecule has 18 heavy (non-hydrogen) atoms. The van der Waals surface area contributed by atoms with Crippen LogP contribution in [-0.4, -0.2) is 16.9 Å². The molecular weight excluding hydrogens is 246 g/mol. The first-order chi connectivity index (χ1) is 8.75. The summed E-state index contributed by atoms with van der Waals surface area (Å²) >= 11 is 1.51. The van der Waals surface area contributed by atoms with E-state index in [1.165, 1.54) is 11.3 Å². The summed E-state index contributed by atoms with van der Waals surface area (Å²) in [5.74, 6) is -0.144. The average molecular weight is 261 g/mol. The molecule has 0 saturated heterocycles. The number of amides is 1. The van der Waals surface area contributed by atoms with Gasteiger partial charge in [0.25, 0.3) is 0 Å². The van der Waals surface area contributed by atoms with E-state index in [2.05, 4.69) is 10.3 Å². The van der Waals surface area contributed by atoms with Crippen molar-refractivity contribution in [3.63, 3.8) is 0 Å². The van der Waals surface area contributed by atoms with Crippen LogP contribution in [0.2, 0.25) is 0 Å². The van der Waals surface area contributed by atoms with Crippen molar-refractivity contribution >= 4 is 17.2 Å². The molecule has 0 spiro atoms. The Kier molecular flexibility index (Phi) is 4.44. The molecule has 0 bridgehead atoms. The van der Waals surface area contributed by atoms with Gasteiger partial charge in [-0.15, -0.1) is 11.3 Å². The Balaban J connectivity index is 1.82. The Morgan fingerprint density at radius 1 is 1.39 bits per heavy atom. The summed E-state index contributed by atoms with van der Waals surface area (Å²) in [5, 5.41) is 5.55. The van der Waals surface area contributed by atoms with E-state index in [0.29, 0.717) is 13.0 Å². The van der Waals surface area contributed by atoms with Crippen LogP contribution in [-0.2, 0) is 17.8 Å². The Morgan fingerprint density at radius 3 is 2.83 bits per heavy atom. The summed E-state index contributed by atoms with van der Waals surface area (Å²) in [6, 6.07) is 9.23. The minimum atomic E-state index is -0.521. The van der Waals surface area contributed by atoms with Crippen LogP contribution in [0.25, 0.3) is 0 Å². The van der Waals surface area contributed by atoms with Crippen LogP contribution < -0.4 is 11.1 Å². The predicted octanol–water partition coefficient (Wildman–Crippen LogP) is 1.33. The van der Waals surface area contributed by atoms with Gasteiger partial charge in [0.05, 0.1) is 12.6 Å². The van der Waals surface area contributed by atoms with Crippen molar-refractivity contribution in [3.8, 4) is 0 Å². The second kappa shape index (κ2) is 6.28. The van der Waals surface area contributed by atoms with Gasteiger partial charge < -0.3 is 11.1 Å².